The molecule has 9 heteroatoms. The maximum absolute atomic E-state index is 12.1. The Morgan fingerprint density at radius 2 is 2.24 bits per heavy atom. The van der Waals surface area contributed by atoms with Crippen LogP contribution in [0.3, 0.4) is 0 Å². The summed E-state index contributed by atoms with van der Waals surface area (Å²) in [6.07, 6.45) is 2.31. The fourth-order valence-electron chi connectivity index (χ4n) is 3.25. The molecule has 1 atom stereocenters. The van der Waals surface area contributed by atoms with Gasteiger partial charge < -0.3 is 9.88 Å². The average Bonchev–Trinajstić information content (AvgIpc) is 3.16. The topological polar surface area (TPSA) is 92.9 Å². The van der Waals surface area contributed by atoms with Crippen molar-refractivity contribution in [2.24, 2.45) is 7.05 Å². The van der Waals surface area contributed by atoms with Crippen LogP contribution in [0.5, 0.6) is 0 Å². The Balaban J connectivity index is 1.51. The number of hydrogen-bond donors (Lipinski definition) is 2. The van der Waals surface area contributed by atoms with Crippen molar-refractivity contribution in [2.75, 3.05) is 13.1 Å². The van der Waals surface area contributed by atoms with Crippen LogP contribution >= 0.6 is 11.8 Å². The van der Waals surface area contributed by atoms with Crippen molar-refractivity contribution in [1.29, 1.82) is 0 Å². The highest BCUT2D eigenvalue weighted by Gasteiger charge is 2.21. The summed E-state index contributed by atoms with van der Waals surface area (Å²) < 4.78 is 3.52. The average molecular weight is 359 g/mol. The molecule has 4 rings (SSSR count). The highest BCUT2D eigenvalue weighted by atomic mass is 32.2. The first kappa shape index (κ1) is 16.3. The molecule has 4 heterocycles. The van der Waals surface area contributed by atoms with Crippen molar-refractivity contribution in [1.82, 2.24) is 34.7 Å². The van der Waals surface area contributed by atoms with Gasteiger partial charge in [0.2, 0.25) is 0 Å². The zero-order valence-corrected chi connectivity index (χ0v) is 15.1. The Hall–Kier alpha value is -2.13. The van der Waals surface area contributed by atoms with Gasteiger partial charge in [-0.25, -0.2) is 9.50 Å². The van der Waals surface area contributed by atoms with Gasteiger partial charge >= 0.3 is 0 Å². The Bertz CT molecular complexity index is 951. The fourth-order valence-corrected chi connectivity index (χ4v) is 4.06. The molecular weight excluding hydrogens is 338 g/mol. The van der Waals surface area contributed by atoms with E-state index in [0.29, 0.717) is 17.3 Å². The summed E-state index contributed by atoms with van der Waals surface area (Å²) in [4.78, 5) is 16.7. The van der Waals surface area contributed by atoms with E-state index < -0.39 is 0 Å². The van der Waals surface area contributed by atoms with E-state index in [2.05, 4.69) is 30.2 Å². The van der Waals surface area contributed by atoms with Gasteiger partial charge in [0.1, 0.15) is 5.82 Å². The number of aryl methyl sites for hydroxylation is 1. The van der Waals surface area contributed by atoms with Crippen LogP contribution in [0.15, 0.2) is 22.1 Å². The zero-order chi connectivity index (χ0) is 17.4. The third kappa shape index (κ3) is 3.21. The van der Waals surface area contributed by atoms with Gasteiger partial charge in [0.15, 0.2) is 10.8 Å². The predicted octanol–water partition coefficient (Wildman–Crippen LogP) is 1.22. The summed E-state index contributed by atoms with van der Waals surface area (Å²) in [5, 5.41) is 16.0. The van der Waals surface area contributed by atoms with Gasteiger partial charge in [-0.2, -0.15) is 0 Å². The van der Waals surface area contributed by atoms with Crippen LogP contribution in [0.2, 0.25) is 0 Å². The smallest absolute Gasteiger partial charge is 0.272 e. The third-order valence-corrected chi connectivity index (χ3v) is 5.57. The number of H-pyrrole nitrogens is 1. The molecule has 1 saturated heterocycles. The van der Waals surface area contributed by atoms with E-state index in [1.165, 1.54) is 10.9 Å². The molecule has 3 aromatic heterocycles. The van der Waals surface area contributed by atoms with E-state index in [4.69, 9.17) is 0 Å². The minimum atomic E-state index is -0.0966. The number of nitrogens with one attached hydrogen (secondary N) is 2. The van der Waals surface area contributed by atoms with Gasteiger partial charge in [-0.15, -0.1) is 10.2 Å². The van der Waals surface area contributed by atoms with Crippen molar-refractivity contribution in [2.45, 2.75) is 36.6 Å². The molecule has 1 aliphatic heterocycles. The maximum Gasteiger partial charge on any atom is 0.272 e. The summed E-state index contributed by atoms with van der Waals surface area (Å²) in [6.45, 7) is 3.94. The van der Waals surface area contributed by atoms with E-state index in [0.717, 1.165) is 41.9 Å². The first-order chi connectivity index (χ1) is 12.1. The predicted molar refractivity (Wildman–Crippen MR) is 96.0 cm³/mol. The van der Waals surface area contributed by atoms with Crippen LogP contribution < -0.4 is 10.9 Å². The second kappa shape index (κ2) is 6.64. The fraction of sp³-hybridized carbons (Fsp3) is 0.500. The molecule has 3 aromatic rings. The lowest BCUT2D eigenvalue weighted by Gasteiger charge is -2.21. The summed E-state index contributed by atoms with van der Waals surface area (Å²) in [6, 6.07) is 3.43. The van der Waals surface area contributed by atoms with Crippen molar-refractivity contribution >= 4 is 17.4 Å². The van der Waals surface area contributed by atoms with Gasteiger partial charge in [-0.3, -0.25) is 9.89 Å². The number of nitrogens with zero attached hydrogens (tertiary/aromatic N) is 5. The minimum absolute atomic E-state index is 0.0966. The third-order valence-electron chi connectivity index (χ3n) is 4.51. The second-order valence-electron chi connectivity index (χ2n) is 6.45. The monoisotopic (exact) mass is 359 g/mol. The molecule has 8 nitrogen and oxygen atoms in total. The molecule has 0 saturated carbocycles. The molecule has 0 unspecified atom stereocenters. The van der Waals surface area contributed by atoms with E-state index in [-0.39, 0.29) is 5.56 Å². The van der Waals surface area contributed by atoms with Crippen molar-refractivity contribution in [3.05, 3.63) is 39.7 Å². The van der Waals surface area contributed by atoms with Gasteiger partial charge in [0.25, 0.3) is 5.56 Å². The van der Waals surface area contributed by atoms with E-state index >= 15 is 0 Å². The van der Waals surface area contributed by atoms with Crippen molar-refractivity contribution in [3.63, 3.8) is 0 Å². The van der Waals surface area contributed by atoms with Crippen LogP contribution in [0.1, 0.15) is 36.0 Å². The highest BCUT2D eigenvalue weighted by Crippen LogP contribution is 2.26. The summed E-state index contributed by atoms with van der Waals surface area (Å²) in [5.41, 5.74) is 2.21. The largest absolute Gasteiger partial charge is 0.316 e. The van der Waals surface area contributed by atoms with Gasteiger partial charge in [-0.05, 0) is 26.3 Å². The number of hydrogen-bond acceptors (Lipinski definition) is 6. The molecule has 0 bridgehead atoms. The lowest BCUT2D eigenvalue weighted by atomic mass is 9.99. The van der Waals surface area contributed by atoms with Crippen molar-refractivity contribution < 1.29 is 0 Å². The second-order valence-corrected chi connectivity index (χ2v) is 7.39. The molecule has 0 radical (unpaired) electrons. The van der Waals surface area contributed by atoms with E-state index in [1.807, 2.05) is 20.0 Å². The molecule has 0 spiro atoms. The van der Waals surface area contributed by atoms with Gasteiger partial charge in [0, 0.05) is 43.1 Å². The number of fused-ring (bicyclic) bond motifs is 1. The van der Waals surface area contributed by atoms with Crippen LogP contribution in [0.25, 0.3) is 5.65 Å². The normalized spacial score (nSPS) is 18.1. The lowest BCUT2D eigenvalue weighted by Crippen LogP contribution is -2.29. The van der Waals surface area contributed by atoms with Crippen molar-refractivity contribution in [3.8, 4) is 0 Å². The van der Waals surface area contributed by atoms with Gasteiger partial charge in [-0.1, -0.05) is 11.8 Å². The Kier molecular flexibility index (Phi) is 4.34. The Morgan fingerprint density at radius 1 is 1.36 bits per heavy atom. The van der Waals surface area contributed by atoms with Crippen LogP contribution in [0.4, 0.5) is 0 Å². The number of aromatic amines is 1. The Labute approximate surface area is 149 Å². The summed E-state index contributed by atoms with van der Waals surface area (Å²) in [7, 11) is 2.01. The minimum Gasteiger partial charge on any atom is -0.316 e. The first-order valence-corrected chi connectivity index (χ1v) is 9.41. The lowest BCUT2D eigenvalue weighted by molar-refractivity contribution is 0.436. The van der Waals surface area contributed by atoms with E-state index in [9.17, 15) is 4.79 Å². The summed E-state index contributed by atoms with van der Waals surface area (Å²) in [5.74, 6) is 2.03. The zero-order valence-electron chi connectivity index (χ0n) is 14.3. The molecule has 0 aromatic carbocycles. The van der Waals surface area contributed by atoms with Crippen LogP contribution in [0, 0.1) is 6.92 Å². The van der Waals surface area contributed by atoms with Crippen LogP contribution in [-0.4, -0.2) is 42.5 Å². The Morgan fingerprint density at radius 3 is 3.04 bits per heavy atom. The molecule has 132 valence electrons. The maximum atomic E-state index is 12.1. The molecule has 2 N–H and O–H groups in total. The molecule has 1 aliphatic rings. The molecular formula is C16H21N7OS. The standard InChI is InChI=1S/C16H21N7OS/c1-10-6-13-18-12(7-14(24)23(13)21-10)9-25-16-20-19-15(22(16)2)11-4-3-5-17-8-11/h6-7,11,17,21H,3-5,8-9H2,1-2H3/t11-/m1/s1. The van der Waals surface area contributed by atoms with Crippen LogP contribution in [-0.2, 0) is 12.8 Å². The quantitative estimate of drug-likeness (QED) is 0.681. The molecule has 1 fully saturated rings. The summed E-state index contributed by atoms with van der Waals surface area (Å²) >= 11 is 1.56. The van der Waals surface area contributed by atoms with E-state index in [1.54, 1.807) is 17.8 Å². The molecule has 25 heavy (non-hydrogen) atoms. The first-order valence-electron chi connectivity index (χ1n) is 8.43. The molecule has 0 amide bonds. The SMILES string of the molecule is Cc1cc2nc(CSc3nnc([C@@H]4CCCNC4)n3C)cc(=O)n2[nH]1. The van der Waals surface area contributed by atoms with Gasteiger partial charge in [0.05, 0.1) is 5.69 Å². The number of thioether (sulfide) groups is 1. The number of rotatable bonds is 4. The number of piperidine rings is 1. The molecule has 0 aliphatic carbocycles. The highest BCUT2D eigenvalue weighted by molar-refractivity contribution is 7.98. The number of aromatic nitrogens is 6.